The van der Waals surface area contributed by atoms with E-state index in [9.17, 15) is 28.5 Å². The van der Waals surface area contributed by atoms with E-state index in [4.69, 9.17) is 0 Å². The molecule has 0 bridgehead atoms. The fourth-order valence-corrected chi connectivity index (χ4v) is 6.31. The SMILES string of the molecule is O=C(c1ccccc1)c1cn(Cc2c(F)cccc2F)c2sc(-c3ccc([N+](=O)[O-])cc3)c(CBr)c2c1=O. The van der Waals surface area contributed by atoms with Crippen LogP contribution in [-0.4, -0.2) is 15.3 Å². The Morgan fingerprint density at radius 3 is 2.21 bits per heavy atom. The van der Waals surface area contributed by atoms with Crippen molar-refractivity contribution >= 4 is 49.0 Å². The average molecular weight is 595 g/mol. The number of carbonyl (C=O) groups is 1. The number of pyridine rings is 1. The third-order valence-corrected chi connectivity index (χ3v) is 8.03. The van der Waals surface area contributed by atoms with Crippen molar-refractivity contribution in [3.05, 3.63) is 133 Å². The molecule has 2 aromatic heterocycles. The number of ketones is 1. The highest BCUT2D eigenvalue weighted by Gasteiger charge is 2.24. The van der Waals surface area contributed by atoms with Crippen molar-refractivity contribution in [1.29, 1.82) is 0 Å². The standard InChI is InChI=1S/C28H17BrF2N2O4S/c29-13-19-24-26(35)21(25(34)16-5-2-1-3-6-16)15-32(14-20-22(30)7-4-8-23(20)31)28(24)38-27(19)17-9-11-18(12-10-17)33(36)37/h1-12,15H,13-14H2. The van der Waals surface area contributed by atoms with Crippen LogP contribution in [-0.2, 0) is 11.9 Å². The fourth-order valence-electron chi connectivity index (χ4n) is 4.27. The van der Waals surface area contributed by atoms with Gasteiger partial charge in [0.1, 0.15) is 16.5 Å². The van der Waals surface area contributed by atoms with E-state index in [1.807, 2.05) is 0 Å². The summed E-state index contributed by atoms with van der Waals surface area (Å²) in [4.78, 5) is 38.8. The van der Waals surface area contributed by atoms with Crippen molar-refractivity contribution < 1.29 is 18.5 Å². The van der Waals surface area contributed by atoms with Gasteiger partial charge in [-0.15, -0.1) is 11.3 Å². The molecule has 0 saturated heterocycles. The van der Waals surface area contributed by atoms with Gasteiger partial charge in [-0.2, -0.15) is 0 Å². The molecule has 5 rings (SSSR count). The van der Waals surface area contributed by atoms with Crippen LogP contribution in [0, 0.1) is 21.7 Å². The van der Waals surface area contributed by atoms with Crippen molar-refractivity contribution in [3.8, 4) is 10.4 Å². The van der Waals surface area contributed by atoms with E-state index in [2.05, 4.69) is 15.9 Å². The van der Waals surface area contributed by atoms with Crippen molar-refractivity contribution in [2.24, 2.45) is 0 Å². The molecular weight excluding hydrogens is 578 g/mol. The van der Waals surface area contributed by atoms with Crippen LogP contribution in [0.25, 0.3) is 20.7 Å². The Hall–Kier alpha value is -4.02. The second kappa shape index (κ2) is 10.4. The fraction of sp³-hybridized carbons (Fsp3) is 0.0714. The van der Waals surface area contributed by atoms with Gasteiger partial charge in [-0.05, 0) is 35.4 Å². The monoisotopic (exact) mass is 594 g/mol. The molecule has 0 N–H and O–H groups in total. The zero-order valence-corrected chi connectivity index (χ0v) is 21.9. The Bertz CT molecular complexity index is 1750. The van der Waals surface area contributed by atoms with Gasteiger partial charge in [0, 0.05) is 39.7 Å². The normalized spacial score (nSPS) is 11.1. The predicted octanol–water partition coefficient (Wildman–Crippen LogP) is 7.09. The van der Waals surface area contributed by atoms with E-state index >= 15 is 0 Å². The van der Waals surface area contributed by atoms with Crippen molar-refractivity contribution in [1.82, 2.24) is 4.57 Å². The van der Waals surface area contributed by atoms with Crippen molar-refractivity contribution in [2.75, 3.05) is 0 Å². The van der Waals surface area contributed by atoms with E-state index in [1.165, 1.54) is 40.3 Å². The highest BCUT2D eigenvalue weighted by molar-refractivity contribution is 9.08. The summed E-state index contributed by atoms with van der Waals surface area (Å²) >= 11 is 4.66. The van der Waals surface area contributed by atoms with Crippen molar-refractivity contribution in [3.63, 3.8) is 0 Å². The first kappa shape index (κ1) is 25.6. The lowest BCUT2D eigenvalue weighted by atomic mass is 10.0. The molecule has 0 saturated carbocycles. The molecule has 6 nitrogen and oxygen atoms in total. The summed E-state index contributed by atoms with van der Waals surface area (Å²) in [7, 11) is 0. The second-order valence-electron chi connectivity index (χ2n) is 8.42. The van der Waals surface area contributed by atoms with Gasteiger partial charge >= 0.3 is 0 Å². The molecule has 0 amide bonds. The average Bonchev–Trinajstić information content (AvgIpc) is 3.32. The number of rotatable bonds is 7. The third kappa shape index (κ3) is 4.57. The number of hydrogen-bond donors (Lipinski definition) is 0. The molecule has 0 aliphatic carbocycles. The first-order valence-corrected chi connectivity index (χ1v) is 13.3. The Morgan fingerprint density at radius 2 is 1.61 bits per heavy atom. The zero-order chi connectivity index (χ0) is 27.0. The number of fused-ring (bicyclic) bond motifs is 1. The van der Waals surface area contributed by atoms with Gasteiger partial charge in [-0.25, -0.2) is 8.78 Å². The third-order valence-electron chi connectivity index (χ3n) is 6.15. The highest BCUT2D eigenvalue weighted by atomic mass is 79.9. The van der Waals surface area contributed by atoms with Crippen LogP contribution in [0.4, 0.5) is 14.5 Å². The molecule has 0 unspecified atom stereocenters. The highest BCUT2D eigenvalue weighted by Crippen LogP contribution is 2.39. The molecule has 10 heteroatoms. The van der Waals surface area contributed by atoms with Gasteiger partial charge in [0.25, 0.3) is 5.69 Å². The lowest BCUT2D eigenvalue weighted by Crippen LogP contribution is -2.20. The van der Waals surface area contributed by atoms with Gasteiger partial charge in [0.05, 0.1) is 22.4 Å². The number of nitro groups is 1. The van der Waals surface area contributed by atoms with E-state index in [0.29, 0.717) is 26.4 Å². The van der Waals surface area contributed by atoms with Crippen LogP contribution in [0.15, 0.2) is 83.8 Å². The molecule has 0 spiro atoms. The van der Waals surface area contributed by atoms with Crippen LogP contribution in [0.1, 0.15) is 27.0 Å². The maximum atomic E-state index is 14.6. The number of alkyl halides is 1. The molecule has 0 aliphatic heterocycles. The smallest absolute Gasteiger partial charge is 0.269 e. The number of thiophene rings is 1. The molecule has 0 fully saturated rings. The van der Waals surface area contributed by atoms with Gasteiger partial charge in [-0.3, -0.25) is 19.7 Å². The summed E-state index contributed by atoms with van der Waals surface area (Å²) in [5.41, 5.74) is 0.592. The van der Waals surface area contributed by atoms with Crippen molar-refractivity contribution in [2.45, 2.75) is 11.9 Å². The molecule has 38 heavy (non-hydrogen) atoms. The molecule has 0 aliphatic rings. The molecule has 3 aromatic carbocycles. The van der Waals surface area contributed by atoms with Crippen LogP contribution in [0.2, 0.25) is 0 Å². The quantitative estimate of drug-likeness (QED) is 0.0871. The van der Waals surface area contributed by atoms with Gasteiger partial charge in [-0.1, -0.05) is 52.3 Å². The Labute approximate surface area is 227 Å². The summed E-state index contributed by atoms with van der Waals surface area (Å²) in [6, 6.07) is 17.7. The van der Waals surface area contributed by atoms with Crippen LogP contribution < -0.4 is 5.43 Å². The summed E-state index contributed by atoms with van der Waals surface area (Å²) in [5, 5.41) is 11.6. The molecule has 2 heterocycles. The largest absolute Gasteiger partial charge is 0.334 e. The minimum atomic E-state index is -0.749. The number of aromatic nitrogens is 1. The number of non-ortho nitro benzene ring substituents is 1. The molecule has 0 atom stereocenters. The summed E-state index contributed by atoms with van der Waals surface area (Å²) in [5.74, 6) is -2.01. The molecule has 0 radical (unpaired) electrons. The molecule has 190 valence electrons. The van der Waals surface area contributed by atoms with Crippen LogP contribution >= 0.6 is 27.3 Å². The maximum Gasteiger partial charge on any atom is 0.269 e. The Morgan fingerprint density at radius 1 is 0.947 bits per heavy atom. The number of halogens is 3. The predicted molar refractivity (Wildman–Crippen MR) is 146 cm³/mol. The second-order valence-corrected chi connectivity index (χ2v) is 9.98. The molecule has 5 aromatic rings. The lowest BCUT2D eigenvalue weighted by Gasteiger charge is -2.13. The molecular formula is C28H17BrF2N2O4S. The number of hydrogen-bond acceptors (Lipinski definition) is 5. The Balaban J connectivity index is 1.79. The number of carbonyl (C=O) groups excluding carboxylic acids is 1. The number of nitrogens with zero attached hydrogens (tertiary/aromatic N) is 2. The van der Waals surface area contributed by atoms with Gasteiger partial charge in [0.15, 0.2) is 5.78 Å². The van der Waals surface area contributed by atoms with E-state index < -0.39 is 27.8 Å². The first-order valence-electron chi connectivity index (χ1n) is 11.3. The number of benzene rings is 3. The summed E-state index contributed by atoms with van der Waals surface area (Å²) in [6.45, 7) is -0.258. The summed E-state index contributed by atoms with van der Waals surface area (Å²) in [6.07, 6.45) is 1.35. The maximum absolute atomic E-state index is 14.6. The van der Waals surface area contributed by atoms with E-state index in [1.54, 1.807) is 42.5 Å². The minimum absolute atomic E-state index is 0.0828. The first-order chi connectivity index (χ1) is 18.3. The Kier molecular flexibility index (Phi) is 7.00. The van der Waals surface area contributed by atoms with Gasteiger partial charge < -0.3 is 4.57 Å². The van der Waals surface area contributed by atoms with E-state index in [-0.39, 0.29) is 34.1 Å². The van der Waals surface area contributed by atoms with Crippen LogP contribution in [0.5, 0.6) is 0 Å². The van der Waals surface area contributed by atoms with Crippen LogP contribution in [0.3, 0.4) is 0 Å². The summed E-state index contributed by atoms with van der Waals surface area (Å²) < 4.78 is 30.7. The number of nitro benzene ring substituents is 1. The van der Waals surface area contributed by atoms with E-state index in [0.717, 1.165) is 12.1 Å². The van der Waals surface area contributed by atoms with Gasteiger partial charge in [0.2, 0.25) is 5.43 Å². The zero-order valence-electron chi connectivity index (χ0n) is 19.5. The topological polar surface area (TPSA) is 82.2 Å². The lowest BCUT2D eigenvalue weighted by molar-refractivity contribution is -0.384. The minimum Gasteiger partial charge on any atom is -0.334 e.